The molecule has 0 aliphatic carbocycles. The van der Waals surface area contributed by atoms with Crippen molar-refractivity contribution in [2.24, 2.45) is 5.16 Å². The molecule has 0 saturated carbocycles. The molecule has 0 aromatic heterocycles. The molecule has 0 unspecified atom stereocenters. The van der Waals surface area contributed by atoms with Crippen molar-refractivity contribution in [1.29, 1.82) is 0 Å². The highest BCUT2D eigenvalue weighted by molar-refractivity contribution is 6.02. The molecule has 0 saturated heterocycles. The number of likely N-dealkylation sites (N-methyl/N-ethyl adjacent to an activating group) is 1. The molecule has 0 spiro atoms. The maximum absolute atomic E-state index is 10.2. The number of phenols is 1. The van der Waals surface area contributed by atoms with E-state index in [0.717, 1.165) is 24.1 Å². The molecule has 0 fully saturated rings. The predicted octanol–water partition coefficient (Wildman–Crippen LogP) is 2.93. The van der Waals surface area contributed by atoms with Crippen LogP contribution in [0.15, 0.2) is 35.5 Å². The Morgan fingerprint density at radius 1 is 1.33 bits per heavy atom. The number of ether oxygens (including phenoxy) is 3. The molecular formula is C20H22N2O5. The van der Waals surface area contributed by atoms with E-state index >= 15 is 0 Å². The molecule has 4 rings (SSSR count). The van der Waals surface area contributed by atoms with Gasteiger partial charge in [0.25, 0.3) is 0 Å². The van der Waals surface area contributed by atoms with Crippen LogP contribution >= 0.6 is 0 Å². The third-order valence-electron chi connectivity index (χ3n) is 5.27. The van der Waals surface area contributed by atoms with E-state index in [4.69, 9.17) is 14.2 Å². The third-order valence-corrected chi connectivity index (χ3v) is 5.27. The second kappa shape index (κ2) is 7.00. The van der Waals surface area contributed by atoms with Gasteiger partial charge in [0.1, 0.15) is 5.75 Å². The SMILES string of the molecule is COc1c2c(cc3c1[C@@H](C/C(=N\O)c1ccccc1O)N(C)CC3)OCO2. The van der Waals surface area contributed by atoms with Gasteiger partial charge in [-0.2, -0.15) is 0 Å². The molecule has 27 heavy (non-hydrogen) atoms. The summed E-state index contributed by atoms with van der Waals surface area (Å²) in [6.07, 6.45) is 1.27. The Balaban J connectivity index is 1.78. The molecular weight excluding hydrogens is 348 g/mol. The van der Waals surface area contributed by atoms with E-state index in [9.17, 15) is 10.3 Å². The van der Waals surface area contributed by atoms with Crippen LogP contribution in [0.2, 0.25) is 0 Å². The largest absolute Gasteiger partial charge is 0.507 e. The minimum Gasteiger partial charge on any atom is -0.507 e. The lowest BCUT2D eigenvalue weighted by atomic mass is 9.87. The van der Waals surface area contributed by atoms with Gasteiger partial charge in [0, 0.05) is 30.1 Å². The average molecular weight is 370 g/mol. The van der Waals surface area contributed by atoms with E-state index in [2.05, 4.69) is 10.1 Å². The molecule has 0 bridgehead atoms. The van der Waals surface area contributed by atoms with E-state index in [-0.39, 0.29) is 18.6 Å². The van der Waals surface area contributed by atoms with Crippen LogP contribution in [-0.2, 0) is 6.42 Å². The predicted molar refractivity (Wildman–Crippen MR) is 99.2 cm³/mol. The Labute approximate surface area is 157 Å². The molecule has 0 radical (unpaired) electrons. The molecule has 2 heterocycles. The number of rotatable bonds is 4. The van der Waals surface area contributed by atoms with Crippen LogP contribution in [0.5, 0.6) is 23.0 Å². The Kier molecular flexibility index (Phi) is 4.53. The highest BCUT2D eigenvalue weighted by Gasteiger charge is 2.35. The van der Waals surface area contributed by atoms with Gasteiger partial charge in [-0.25, -0.2) is 0 Å². The summed E-state index contributed by atoms with van der Waals surface area (Å²) in [6, 6.07) is 8.78. The normalized spacial score (nSPS) is 19.0. The lowest BCUT2D eigenvalue weighted by Gasteiger charge is -2.36. The number of hydrogen-bond acceptors (Lipinski definition) is 7. The first-order valence-corrected chi connectivity index (χ1v) is 8.83. The first-order valence-electron chi connectivity index (χ1n) is 8.83. The van der Waals surface area contributed by atoms with Gasteiger partial charge in [-0.05, 0) is 37.2 Å². The topological polar surface area (TPSA) is 83.8 Å². The van der Waals surface area contributed by atoms with E-state index < -0.39 is 0 Å². The average Bonchev–Trinajstić information content (AvgIpc) is 3.15. The standard InChI is InChI=1S/C20H22N2O5/c1-22-8-7-12-9-17-19(27-11-26-17)20(25-2)18(12)15(22)10-14(21-24)13-5-3-4-6-16(13)23/h3-6,9,15,23-24H,7-8,10-11H2,1-2H3/b21-14+/t15-/m1/s1. The maximum atomic E-state index is 10.2. The Morgan fingerprint density at radius 3 is 2.89 bits per heavy atom. The van der Waals surface area contributed by atoms with Gasteiger partial charge in [0.15, 0.2) is 11.5 Å². The number of benzene rings is 2. The Bertz CT molecular complexity index is 896. The number of fused-ring (bicyclic) bond motifs is 2. The number of aromatic hydroxyl groups is 1. The number of phenolic OH excluding ortho intramolecular Hbond substituents is 1. The first kappa shape index (κ1) is 17.5. The lowest BCUT2D eigenvalue weighted by molar-refractivity contribution is 0.170. The molecule has 2 N–H and O–H groups in total. The smallest absolute Gasteiger partial charge is 0.231 e. The van der Waals surface area contributed by atoms with Crippen molar-refractivity contribution in [1.82, 2.24) is 4.90 Å². The highest BCUT2D eigenvalue weighted by atomic mass is 16.7. The summed E-state index contributed by atoms with van der Waals surface area (Å²) in [5.74, 6) is 2.06. The van der Waals surface area contributed by atoms with E-state index in [0.29, 0.717) is 34.9 Å². The van der Waals surface area contributed by atoms with Crippen LogP contribution in [-0.4, -0.2) is 48.4 Å². The van der Waals surface area contributed by atoms with Crippen molar-refractivity contribution >= 4 is 5.71 Å². The Hall–Kier alpha value is -2.93. The van der Waals surface area contributed by atoms with Gasteiger partial charge in [0.05, 0.1) is 12.8 Å². The summed E-state index contributed by atoms with van der Waals surface area (Å²) >= 11 is 0. The minimum absolute atomic E-state index is 0.0848. The van der Waals surface area contributed by atoms with Crippen molar-refractivity contribution in [3.05, 3.63) is 47.0 Å². The number of hydrogen-bond donors (Lipinski definition) is 2. The van der Waals surface area contributed by atoms with Crippen LogP contribution < -0.4 is 14.2 Å². The number of nitrogens with zero attached hydrogens (tertiary/aromatic N) is 2. The third kappa shape index (κ3) is 2.94. The summed E-state index contributed by atoms with van der Waals surface area (Å²) in [5.41, 5.74) is 3.07. The van der Waals surface area contributed by atoms with Crippen LogP contribution in [0.25, 0.3) is 0 Å². The summed E-state index contributed by atoms with van der Waals surface area (Å²) in [6.45, 7) is 1.02. The molecule has 7 nitrogen and oxygen atoms in total. The van der Waals surface area contributed by atoms with Gasteiger partial charge in [-0.1, -0.05) is 17.3 Å². The van der Waals surface area contributed by atoms with Crippen molar-refractivity contribution in [2.45, 2.75) is 18.9 Å². The van der Waals surface area contributed by atoms with Crippen molar-refractivity contribution in [3.8, 4) is 23.0 Å². The first-order chi connectivity index (χ1) is 13.1. The summed E-state index contributed by atoms with van der Waals surface area (Å²) in [4.78, 5) is 2.19. The van der Waals surface area contributed by atoms with Gasteiger partial charge in [-0.15, -0.1) is 0 Å². The highest BCUT2D eigenvalue weighted by Crippen LogP contribution is 2.50. The van der Waals surface area contributed by atoms with Gasteiger partial charge >= 0.3 is 0 Å². The van der Waals surface area contributed by atoms with Crippen LogP contribution in [0, 0.1) is 0 Å². The fourth-order valence-electron chi connectivity index (χ4n) is 3.89. The molecule has 2 aliphatic rings. The zero-order valence-corrected chi connectivity index (χ0v) is 15.3. The summed E-state index contributed by atoms with van der Waals surface area (Å²) in [7, 11) is 3.64. The van der Waals surface area contributed by atoms with Gasteiger partial charge in [0.2, 0.25) is 12.5 Å². The molecule has 7 heteroatoms. The van der Waals surface area contributed by atoms with Crippen molar-refractivity contribution < 1.29 is 24.5 Å². The quantitative estimate of drug-likeness (QED) is 0.489. The molecule has 2 aliphatic heterocycles. The van der Waals surface area contributed by atoms with Crippen molar-refractivity contribution in [2.75, 3.05) is 27.5 Å². The lowest BCUT2D eigenvalue weighted by Crippen LogP contribution is -2.34. The molecule has 1 atom stereocenters. The molecule has 2 aromatic carbocycles. The van der Waals surface area contributed by atoms with Crippen LogP contribution in [0.1, 0.15) is 29.2 Å². The second-order valence-corrected chi connectivity index (χ2v) is 6.73. The number of para-hydroxylation sites is 1. The molecule has 2 aromatic rings. The summed E-state index contributed by atoms with van der Waals surface area (Å²) < 4.78 is 16.9. The monoisotopic (exact) mass is 370 g/mol. The van der Waals surface area contributed by atoms with E-state index in [1.807, 2.05) is 13.1 Å². The second-order valence-electron chi connectivity index (χ2n) is 6.73. The van der Waals surface area contributed by atoms with Crippen LogP contribution in [0.3, 0.4) is 0 Å². The van der Waals surface area contributed by atoms with Gasteiger partial charge in [-0.3, -0.25) is 4.90 Å². The molecule has 0 amide bonds. The maximum Gasteiger partial charge on any atom is 0.231 e. The fourth-order valence-corrected chi connectivity index (χ4v) is 3.89. The van der Waals surface area contributed by atoms with E-state index in [1.54, 1.807) is 31.4 Å². The minimum atomic E-state index is -0.0938. The Morgan fingerprint density at radius 2 is 2.15 bits per heavy atom. The van der Waals surface area contributed by atoms with Crippen molar-refractivity contribution in [3.63, 3.8) is 0 Å². The zero-order valence-electron chi connectivity index (χ0n) is 15.3. The van der Waals surface area contributed by atoms with Crippen LogP contribution in [0.4, 0.5) is 0 Å². The number of oxime groups is 1. The molecule has 142 valence electrons. The summed E-state index contributed by atoms with van der Waals surface area (Å²) in [5, 5.41) is 23.3. The van der Waals surface area contributed by atoms with E-state index in [1.165, 1.54) is 0 Å². The zero-order chi connectivity index (χ0) is 19.0. The fraction of sp³-hybridized carbons (Fsp3) is 0.350. The number of methoxy groups -OCH3 is 1. The van der Waals surface area contributed by atoms with Gasteiger partial charge < -0.3 is 24.5 Å².